The Morgan fingerprint density at radius 1 is 0.382 bits per heavy atom. The minimum Gasteiger partial charge on any atom is -0.444 e. The molecule has 144 heavy (non-hydrogen) atoms. The highest BCUT2D eigenvalue weighted by molar-refractivity contribution is 9.11. The van der Waals surface area contributed by atoms with Crippen LogP contribution in [-0.4, -0.2) is 228 Å². The Labute approximate surface area is 868 Å². The van der Waals surface area contributed by atoms with Crippen LogP contribution in [0, 0.1) is 45.3 Å². The van der Waals surface area contributed by atoms with Gasteiger partial charge in [-0.2, -0.15) is 21.0 Å². The lowest BCUT2D eigenvalue weighted by atomic mass is 9.75. The molecule has 0 unspecified atom stereocenters. The average Bonchev–Trinajstić information content (AvgIpc) is 1.70. The van der Waals surface area contributed by atoms with Crippen LogP contribution >= 0.6 is 47.8 Å². The van der Waals surface area contributed by atoms with Gasteiger partial charge in [0.25, 0.3) is 0 Å². The van der Waals surface area contributed by atoms with E-state index in [0.717, 1.165) is 130 Å². The Bertz CT molecular complexity index is 6200. The van der Waals surface area contributed by atoms with Crippen molar-refractivity contribution in [2.24, 2.45) is 17.2 Å². The number of piperidine rings is 1. The van der Waals surface area contributed by atoms with E-state index in [4.69, 9.17) is 60.0 Å². The predicted molar refractivity (Wildman–Crippen MR) is 558 cm³/mol. The lowest BCUT2D eigenvalue weighted by Gasteiger charge is -2.34. The maximum atomic E-state index is 12.4. The minimum atomic E-state index is -0.551. The topological polar surface area (TPSA) is 479 Å². The normalized spacial score (nSPS) is 17.7. The van der Waals surface area contributed by atoms with Gasteiger partial charge in [0, 0.05) is 179 Å². The maximum absolute atomic E-state index is 12.4. The molecule has 16 heterocycles. The summed E-state index contributed by atoms with van der Waals surface area (Å²) < 4.78 is 48.0. The van der Waals surface area contributed by atoms with Crippen molar-refractivity contribution in [3.8, 4) is 46.5 Å². The number of nitrogens with zero attached hydrogens (tertiary/aromatic N) is 18. The molecule has 16 rings (SSSR count). The molecule has 0 atom stereocenters. The van der Waals surface area contributed by atoms with E-state index in [0.29, 0.717) is 144 Å². The quantitative estimate of drug-likeness (QED) is 0.0985. The summed E-state index contributed by atoms with van der Waals surface area (Å²) in [6.07, 6.45) is 31.4. The van der Waals surface area contributed by atoms with Gasteiger partial charge in [0.1, 0.15) is 64.1 Å². The van der Waals surface area contributed by atoms with Crippen LogP contribution in [0.4, 0.5) is 51.0 Å². The van der Waals surface area contributed by atoms with E-state index in [1.54, 1.807) is 87.8 Å². The molecule has 6 N–H and O–H groups in total. The molecule has 0 aliphatic carbocycles. The van der Waals surface area contributed by atoms with Crippen LogP contribution in [0.25, 0.3) is 33.4 Å². The van der Waals surface area contributed by atoms with E-state index in [1.165, 1.54) is 14.7 Å². The van der Waals surface area contributed by atoms with Crippen LogP contribution in [0.3, 0.4) is 0 Å². The molecular formula is C103H128B2Br3N21O15. The zero-order valence-corrected chi connectivity index (χ0v) is 90.4. The second kappa shape index (κ2) is 46.7. The number of ether oxygens (including phenoxy) is 4. The first kappa shape index (κ1) is 112. The fraction of sp³-hybridized carbons (Fsp3) is 0.495. The lowest BCUT2D eigenvalue weighted by molar-refractivity contribution is 0.00578. The monoisotopic (exact) mass is 2160 g/mol. The Kier molecular flexibility index (Phi) is 36.3. The number of aromatic nitrogens is 7. The van der Waals surface area contributed by atoms with Gasteiger partial charge in [-0.1, -0.05) is 24.3 Å². The van der Waals surface area contributed by atoms with Crippen LogP contribution in [-0.2, 0) is 56.8 Å². The van der Waals surface area contributed by atoms with Gasteiger partial charge in [0.05, 0.1) is 58.1 Å². The van der Waals surface area contributed by atoms with Gasteiger partial charge in [-0.3, -0.25) is 34.6 Å². The molecule has 0 aromatic carbocycles. The summed E-state index contributed by atoms with van der Waals surface area (Å²) in [6.45, 7) is 44.5. The maximum Gasteiger partial charge on any atom is 0.496 e. The summed E-state index contributed by atoms with van der Waals surface area (Å²) in [7, 11) is -0.752. The number of primary amides is 3. The van der Waals surface area contributed by atoms with Crippen LogP contribution in [0.1, 0.15) is 251 Å². The van der Waals surface area contributed by atoms with E-state index in [2.05, 4.69) is 101 Å². The van der Waals surface area contributed by atoms with Crippen molar-refractivity contribution >= 4 is 139 Å². The van der Waals surface area contributed by atoms with Crippen molar-refractivity contribution in [1.29, 1.82) is 21.0 Å². The number of urea groups is 3. The smallest absolute Gasteiger partial charge is 0.444 e. The Hall–Kier alpha value is -12.5. The number of halogens is 3. The number of anilines is 3. The van der Waals surface area contributed by atoms with E-state index < -0.39 is 47.6 Å². The standard InChI is InChI=1S/C25H30N6O3.C25H28N6O3.C16H28BNO4.C16H18BrN3O2.C15H22BN3O3.C6H2Br2N2/c2*1-25(2,3)34-24(33)30-9-6-16(7-10-30)20-14-28-15-21(19(20)12-26)18-11-17-5-4-8-31(23(27)32)22(17)29-13-18;1-14(2,3)20-13(19)18-10-8-12(9-11-18)17-21-15(4,5)16(6,7)22-17;1-16(2,3)22-15(21)20-6-4-11(5-7-20)13-9-19-10-14(17)12(13)8-18;1-14(2)15(3,4)22-16(21-14)11-8-10-6-5-7-19(13(17)20)12(10)18-9-11;7-5-2-10-3-6(8)4(5)1-9/h11,13-16H,4-10H2,1-3H3,(H2,27,32);6,11,13-15H,4-5,7-10H2,1-3H3,(H2,27,32);8H,9-11H2,1-7H3;4,9-10H,5-7H2,1-3H3;8-9H,5-7H2,1-4H3,(H2,17,20);2-3H. The summed E-state index contributed by atoms with van der Waals surface area (Å²) in [6, 6.07) is 13.4. The number of hydrogen-bond acceptors (Lipinski definition) is 26. The first-order chi connectivity index (χ1) is 67.5. The van der Waals surface area contributed by atoms with E-state index in [9.17, 15) is 49.3 Å². The highest BCUT2D eigenvalue weighted by Crippen LogP contribution is 2.44. The molecule has 7 aromatic heterocycles. The lowest BCUT2D eigenvalue weighted by Crippen LogP contribution is -2.41. The summed E-state index contributed by atoms with van der Waals surface area (Å²) in [5.74, 6) is 1.93. The first-order valence-electron chi connectivity index (χ1n) is 47.9. The predicted octanol–water partition coefficient (Wildman–Crippen LogP) is 18.4. The third kappa shape index (κ3) is 28.4. The second-order valence-electron chi connectivity index (χ2n) is 41.9. The fourth-order valence-corrected chi connectivity index (χ4v) is 18.4. The van der Waals surface area contributed by atoms with Gasteiger partial charge in [0.2, 0.25) is 0 Å². The van der Waals surface area contributed by atoms with Crippen LogP contribution in [0.5, 0.6) is 0 Å². The largest absolute Gasteiger partial charge is 0.496 e. The molecule has 10 amide bonds. The number of aryl methyl sites for hydroxylation is 3. The Morgan fingerprint density at radius 3 is 1.07 bits per heavy atom. The van der Waals surface area contributed by atoms with Gasteiger partial charge < -0.3 is 74.4 Å². The van der Waals surface area contributed by atoms with Crippen LogP contribution in [0.2, 0.25) is 0 Å². The third-order valence-electron chi connectivity index (χ3n) is 25.6. The van der Waals surface area contributed by atoms with E-state index in [1.807, 2.05) is 181 Å². The Morgan fingerprint density at radius 2 is 0.708 bits per heavy atom. The van der Waals surface area contributed by atoms with Crippen LogP contribution in [0.15, 0.2) is 123 Å². The molecule has 0 bridgehead atoms. The van der Waals surface area contributed by atoms with Crippen molar-refractivity contribution in [1.82, 2.24) is 54.5 Å². The highest BCUT2D eigenvalue weighted by atomic mass is 79.9. The average molecular weight is 2160 g/mol. The van der Waals surface area contributed by atoms with Crippen molar-refractivity contribution in [2.75, 3.05) is 86.7 Å². The van der Waals surface area contributed by atoms with E-state index in [-0.39, 0.29) is 59.8 Å². The number of pyridine rings is 7. The van der Waals surface area contributed by atoms with Crippen molar-refractivity contribution < 1.29 is 71.1 Å². The number of nitrogens with two attached hydrogens (primary N) is 3. The molecule has 0 radical (unpaired) electrons. The molecule has 3 saturated heterocycles. The van der Waals surface area contributed by atoms with Crippen LogP contribution < -0.4 is 37.4 Å². The SMILES string of the molecule is CC(C)(C)OC(=O)N1CC=C(B2OC(C)(C)C(C)(C)O2)CC1.CC(C)(C)OC(=O)N1CC=C(c2cncc(-c3cnc4c(c3)CCCN4C(N)=O)c2C#N)CC1.CC(C)(C)OC(=O)N1CC=C(c2cncc(Br)c2C#N)CC1.CC(C)(C)OC(=O)N1CCC(c2cncc(-c3cnc4c(c3)CCCN4C(N)=O)c2C#N)CC1.CC1(C)OB(c2cnc3c(c2)CCCN3C(N)=O)OC1(C)C.N#Cc1c(Br)cncc1Br. The second-order valence-corrected chi connectivity index (χ2v) is 44.4. The van der Waals surface area contributed by atoms with Gasteiger partial charge in [-0.25, -0.2) is 48.5 Å². The third-order valence-corrected chi connectivity index (χ3v) is 27.4. The molecule has 9 aliphatic heterocycles. The van der Waals surface area contributed by atoms with Crippen molar-refractivity contribution in [3.05, 3.63) is 179 Å². The molecule has 0 saturated carbocycles. The first-order valence-corrected chi connectivity index (χ1v) is 50.3. The summed E-state index contributed by atoms with van der Waals surface area (Å²) in [5.41, 5.74) is 27.5. The van der Waals surface area contributed by atoms with Gasteiger partial charge in [-0.05, 0) is 314 Å². The molecule has 3 fully saturated rings. The molecule has 0 spiro atoms. The number of rotatable bonds is 7. The van der Waals surface area contributed by atoms with Gasteiger partial charge in [0.15, 0.2) is 0 Å². The summed E-state index contributed by atoms with van der Waals surface area (Å²) >= 11 is 9.73. The van der Waals surface area contributed by atoms with E-state index >= 15 is 0 Å². The zero-order chi connectivity index (χ0) is 106. The number of carbonyl (C=O) groups excluding carboxylic acids is 7. The van der Waals surface area contributed by atoms with Crippen molar-refractivity contribution in [3.63, 3.8) is 0 Å². The number of amides is 10. The Balaban J connectivity index is 0.000000170. The highest BCUT2D eigenvalue weighted by Gasteiger charge is 2.54. The molecule has 762 valence electrons. The van der Waals surface area contributed by atoms with Gasteiger partial charge >= 0.3 is 56.7 Å². The number of fused-ring (bicyclic) bond motifs is 3. The van der Waals surface area contributed by atoms with Crippen molar-refractivity contribution in [2.45, 2.75) is 260 Å². The number of hydrogen-bond donors (Lipinski definition) is 3. The number of carbonyl (C=O) groups is 7. The molecule has 36 nitrogen and oxygen atoms in total. The van der Waals surface area contributed by atoms with Gasteiger partial charge in [-0.15, -0.1) is 0 Å². The molecule has 7 aromatic rings. The fourth-order valence-electron chi connectivity index (χ4n) is 16.8. The zero-order valence-electron chi connectivity index (χ0n) is 85.6. The minimum absolute atomic E-state index is 0.122. The number of likely N-dealkylation sites (tertiary alicyclic amines) is 1. The summed E-state index contributed by atoms with van der Waals surface area (Å²) in [5, 5.41) is 37.9. The number of nitriles is 4. The molecule has 9 aliphatic rings. The molecular weight excluding hydrogens is 2030 g/mol. The summed E-state index contributed by atoms with van der Waals surface area (Å²) in [4.78, 5) is 125. The molecule has 41 heteroatoms.